The molecule has 1 N–H and O–H groups in total. The molecule has 1 aromatic carbocycles. The van der Waals surface area contributed by atoms with Crippen molar-refractivity contribution in [2.24, 2.45) is 0 Å². The Kier molecular flexibility index (Phi) is 5.85. The second-order valence-corrected chi connectivity index (χ2v) is 6.98. The lowest BCUT2D eigenvalue weighted by Crippen LogP contribution is -2.23. The van der Waals surface area contributed by atoms with Gasteiger partial charge in [-0.1, -0.05) is 0 Å². The third-order valence-electron chi connectivity index (χ3n) is 4.35. The van der Waals surface area contributed by atoms with Gasteiger partial charge in [-0.3, -0.25) is 4.79 Å². The van der Waals surface area contributed by atoms with Crippen molar-refractivity contribution in [3.05, 3.63) is 69.5 Å². The number of benzene rings is 1. The van der Waals surface area contributed by atoms with E-state index in [9.17, 15) is 14.4 Å². The Hall–Kier alpha value is -3.05. The van der Waals surface area contributed by atoms with Crippen molar-refractivity contribution in [3.8, 4) is 11.8 Å². The first-order valence-corrected chi connectivity index (χ1v) is 9.20. The van der Waals surface area contributed by atoms with Crippen LogP contribution >= 0.6 is 15.9 Å². The van der Waals surface area contributed by atoms with Crippen molar-refractivity contribution in [1.29, 1.82) is 5.26 Å². The SMILES string of the molecule is Cc1c(C#N)c(NC(=O)COc2ccc(F)cc2Br)n(Cc2ccco2)c1C. The Labute approximate surface area is 169 Å². The van der Waals surface area contributed by atoms with Crippen LogP contribution in [0.15, 0.2) is 45.5 Å². The van der Waals surface area contributed by atoms with Gasteiger partial charge in [-0.2, -0.15) is 5.26 Å². The summed E-state index contributed by atoms with van der Waals surface area (Å²) in [4.78, 5) is 12.4. The van der Waals surface area contributed by atoms with Gasteiger partial charge in [0.2, 0.25) is 0 Å². The number of carbonyl (C=O) groups is 1. The van der Waals surface area contributed by atoms with Crippen molar-refractivity contribution in [2.75, 3.05) is 11.9 Å². The topological polar surface area (TPSA) is 80.2 Å². The van der Waals surface area contributed by atoms with Crippen LogP contribution in [0.2, 0.25) is 0 Å². The summed E-state index contributed by atoms with van der Waals surface area (Å²) in [5.74, 6) is 0.579. The Morgan fingerprint density at radius 2 is 2.18 bits per heavy atom. The molecule has 0 saturated heterocycles. The van der Waals surface area contributed by atoms with E-state index < -0.39 is 11.7 Å². The predicted molar refractivity (Wildman–Crippen MR) is 105 cm³/mol. The number of carbonyl (C=O) groups excluding carboxylic acids is 1. The molecule has 1 amide bonds. The number of furan rings is 1. The van der Waals surface area contributed by atoms with Gasteiger partial charge in [0.05, 0.1) is 22.8 Å². The van der Waals surface area contributed by atoms with E-state index >= 15 is 0 Å². The van der Waals surface area contributed by atoms with E-state index in [0.29, 0.717) is 33.9 Å². The number of ether oxygens (including phenoxy) is 1. The van der Waals surface area contributed by atoms with Crippen molar-refractivity contribution < 1.29 is 18.3 Å². The summed E-state index contributed by atoms with van der Waals surface area (Å²) >= 11 is 3.19. The van der Waals surface area contributed by atoms with E-state index in [2.05, 4.69) is 27.3 Å². The number of amides is 1. The average molecular weight is 446 g/mol. The third-order valence-corrected chi connectivity index (χ3v) is 4.97. The summed E-state index contributed by atoms with van der Waals surface area (Å²) in [6.45, 7) is 3.79. The minimum absolute atomic E-state index is 0.293. The van der Waals surface area contributed by atoms with Crippen molar-refractivity contribution >= 4 is 27.7 Å². The summed E-state index contributed by atoms with van der Waals surface area (Å²) in [7, 11) is 0. The lowest BCUT2D eigenvalue weighted by Gasteiger charge is -2.13. The Morgan fingerprint density at radius 3 is 2.82 bits per heavy atom. The third kappa shape index (κ3) is 4.10. The fourth-order valence-electron chi connectivity index (χ4n) is 2.79. The lowest BCUT2D eigenvalue weighted by molar-refractivity contribution is -0.118. The van der Waals surface area contributed by atoms with Crippen LogP contribution in [-0.4, -0.2) is 17.1 Å². The van der Waals surface area contributed by atoms with Crippen LogP contribution in [0.1, 0.15) is 22.6 Å². The molecule has 3 rings (SSSR count). The standard InChI is InChI=1S/C20H17BrFN3O3/c1-12-13(2)25(10-15-4-3-7-27-15)20(16(12)9-23)24-19(26)11-28-18-6-5-14(22)8-17(18)21/h3-8H,10-11H2,1-2H3,(H,24,26). The number of nitrogens with one attached hydrogen (secondary N) is 1. The normalized spacial score (nSPS) is 10.5. The number of nitrogens with zero attached hydrogens (tertiary/aromatic N) is 2. The summed E-state index contributed by atoms with van der Waals surface area (Å²) in [5.41, 5.74) is 2.03. The van der Waals surface area contributed by atoms with Crippen LogP contribution < -0.4 is 10.1 Å². The van der Waals surface area contributed by atoms with E-state index in [1.165, 1.54) is 18.2 Å². The first-order valence-electron chi connectivity index (χ1n) is 8.40. The lowest BCUT2D eigenvalue weighted by atomic mass is 10.2. The fourth-order valence-corrected chi connectivity index (χ4v) is 3.26. The van der Waals surface area contributed by atoms with E-state index in [1.807, 2.05) is 24.5 Å². The predicted octanol–water partition coefficient (Wildman–Crippen LogP) is 4.54. The van der Waals surface area contributed by atoms with Crippen LogP contribution in [0.25, 0.3) is 0 Å². The molecule has 0 radical (unpaired) electrons. The monoisotopic (exact) mass is 445 g/mol. The quantitative estimate of drug-likeness (QED) is 0.603. The first kappa shape index (κ1) is 19.7. The molecule has 0 fully saturated rings. The molecule has 144 valence electrons. The van der Waals surface area contributed by atoms with E-state index in [1.54, 1.807) is 12.3 Å². The van der Waals surface area contributed by atoms with Crippen LogP contribution in [0, 0.1) is 31.0 Å². The molecule has 2 aromatic heterocycles. The summed E-state index contributed by atoms with van der Waals surface area (Å²) in [5, 5.41) is 12.3. The van der Waals surface area contributed by atoms with Gasteiger partial charge in [0.25, 0.3) is 5.91 Å². The van der Waals surface area contributed by atoms with Gasteiger partial charge in [-0.15, -0.1) is 0 Å². The second kappa shape index (κ2) is 8.31. The molecule has 2 heterocycles. The van der Waals surface area contributed by atoms with E-state index in [-0.39, 0.29) is 6.61 Å². The summed E-state index contributed by atoms with van der Waals surface area (Å²) in [6, 6.07) is 9.67. The van der Waals surface area contributed by atoms with Crippen molar-refractivity contribution in [1.82, 2.24) is 4.57 Å². The number of nitriles is 1. The summed E-state index contributed by atoms with van der Waals surface area (Å²) in [6.07, 6.45) is 1.57. The molecular formula is C20H17BrFN3O3. The highest BCUT2D eigenvalue weighted by Crippen LogP contribution is 2.28. The smallest absolute Gasteiger partial charge is 0.263 e. The first-order chi connectivity index (χ1) is 13.4. The Bertz CT molecular complexity index is 1050. The zero-order valence-corrected chi connectivity index (χ0v) is 16.8. The Balaban J connectivity index is 1.79. The van der Waals surface area contributed by atoms with Gasteiger partial charge in [0.15, 0.2) is 6.61 Å². The van der Waals surface area contributed by atoms with Crippen LogP contribution in [-0.2, 0) is 11.3 Å². The Morgan fingerprint density at radius 1 is 1.39 bits per heavy atom. The maximum Gasteiger partial charge on any atom is 0.263 e. The maximum atomic E-state index is 13.2. The minimum atomic E-state index is -0.439. The molecule has 0 spiro atoms. The number of anilines is 1. The molecule has 0 bridgehead atoms. The molecule has 28 heavy (non-hydrogen) atoms. The second-order valence-electron chi connectivity index (χ2n) is 6.12. The van der Waals surface area contributed by atoms with Gasteiger partial charge in [0.1, 0.15) is 29.2 Å². The molecular weight excluding hydrogens is 429 g/mol. The number of halogens is 2. The largest absolute Gasteiger partial charge is 0.483 e. The number of aromatic nitrogens is 1. The number of hydrogen-bond donors (Lipinski definition) is 1. The molecule has 3 aromatic rings. The highest BCUT2D eigenvalue weighted by molar-refractivity contribution is 9.10. The highest BCUT2D eigenvalue weighted by Gasteiger charge is 2.20. The zero-order valence-electron chi connectivity index (χ0n) is 15.3. The van der Waals surface area contributed by atoms with Gasteiger partial charge < -0.3 is 19.0 Å². The molecule has 0 aliphatic rings. The van der Waals surface area contributed by atoms with E-state index in [4.69, 9.17) is 9.15 Å². The number of rotatable bonds is 6. The number of hydrogen-bond acceptors (Lipinski definition) is 4. The van der Waals surface area contributed by atoms with Crippen LogP contribution in [0.5, 0.6) is 5.75 Å². The summed E-state index contributed by atoms with van der Waals surface area (Å²) < 4.78 is 26.2. The van der Waals surface area contributed by atoms with Gasteiger partial charge >= 0.3 is 0 Å². The van der Waals surface area contributed by atoms with Crippen LogP contribution in [0.4, 0.5) is 10.2 Å². The fraction of sp³-hybridized carbons (Fsp3) is 0.200. The minimum Gasteiger partial charge on any atom is -0.483 e. The maximum absolute atomic E-state index is 13.2. The van der Waals surface area contributed by atoms with Gasteiger partial charge in [0, 0.05) is 5.69 Å². The van der Waals surface area contributed by atoms with E-state index in [0.717, 1.165) is 11.3 Å². The highest BCUT2D eigenvalue weighted by atomic mass is 79.9. The van der Waals surface area contributed by atoms with Crippen molar-refractivity contribution in [3.63, 3.8) is 0 Å². The van der Waals surface area contributed by atoms with Crippen molar-refractivity contribution in [2.45, 2.75) is 20.4 Å². The molecule has 0 aliphatic heterocycles. The molecule has 0 atom stereocenters. The molecule has 0 saturated carbocycles. The van der Waals surface area contributed by atoms with Crippen LogP contribution in [0.3, 0.4) is 0 Å². The molecule has 8 heteroatoms. The molecule has 0 unspecified atom stereocenters. The molecule has 6 nitrogen and oxygen atoms in total. The van der Waals surface area contributed by atoms with Gasteiger partial charge in [-0.25, -0.2) is 4.39 Å². The average Bonchev–Trinajstić information content (AvgIpc) is 3.24. The zero-order chi connectivity index (χ0) is 20.3. The molecule has 0 aliphatic carbocycles. The van der Waals surface area contributed by atoms with Gasteiger partial charge in [-0.05, 0) is 65.7 Å².